The molecule has 2 unspecified atom stereocenters. The molecule has 8 nitrogen and oxygen atoms in total. The van der Waals surface area contributed by atoms with E-state index in [0.717, 1.165) is 4.68 Å². The second-order valence-electron chi connectivity index (χ2n) is 9.78. The highest BCUT2D eigenvalue weighted by atomic mass is 19.4. The van der Waals surface area contributed by atoms with Crippen molar-refractivity contribution in [2.24, 2.45) is 17.4 Å². The molecule has 0 fully saturated rings. The van der Waals surface area contributed by atoms with Crippen molar-refractivity contribution in [3.63, 3.8) is 0 Å². The van der Waals surface area contributed by atoms with E-state index in [0.29, 0.717) is 22.8 Å². The Morgan fingerprint density at radius 3 is 2.29 bits per heavy atom. The Morgan fingerprint density at radius 1 is 0.951 bits per heavy atom. The highest BCUT2D eigenvalue weighted by Gasteiger charge is 2.36. The summed E-state index contributed by atoms with van der Waals surface area (Å²) in [5, 5.41) is 6.31. The molecule has 0 radical (unpaired) electrons. The molecule has 41 heavy (non-hydrogen) atoms. The van der Waals surface area contributed by atoms with Crippen LogP contribution < -0.4 is 16.8 Å². The van der Waals surface area contributed by atoms with Crippen LogP contribution in [0.15, 0.2) is 84.9 Å². The van der Waals surface area contributed by atoms with Crippen LogP contribution in [-0.4, -0.2) is 27.7 Å². The van der Waals surface area contributed by atoms with E-state index in [1.807, 2.05) is 6.07 Å². The Labute approximate surface area is 235 Å². The first kappa shape index (κ1) is 29.5. The number of hydrogen-bond donors (Lipinski definition) is 3. The Balaban J connectivity index is 1.68. The number of benzene rings is 3. The number of nitrogens with one attached hydrogen (secondary N) is 1. The van der Waals surface area contributed by atoms with E-state index < -0.39 is 35.9 Å². The zero-order valence-electron chi connectivity index (χ0n) is 22.4. The molecule has 11 heteroatoms. The molecule has 0 saturated carbocycles. The summed E-state index contributed by atoms with van der Waals surface area (Å²) in [6.07, 6.45) is -5.61. The van der Waals surface area contributed by atoms with E-state index in [1.54, 1.807) is 80.6 Å². The summed E-state index contributed by atoms with van der Waals surface area (Å²) in [6, 6.07) is 21.8. The van der Waals surface area contributed by atoms with Crippen LogP contribution >= 0.6 is 0 Å². The summed E-state index contributed by atoms with van der Waals surface area (Å²) in [4.78, 5) is 26.1. The molecule has 3 aromatic carbocycles. The Hall–Kier alpha value is -4.48. The first-order valence-corrected chi connectivity index (χ1v) is 12.9. The Morgan fingerprint density at radius 2 is 1.63 bits per heavy atom. The highest BCUT2D eigenvalue weighted by Crippen LogP contribution is 2.31. The lowest BCUT2D eigenvalue weighted by Crippen LogP contribution is -2.37. The van der Waals surface area contributed by atoms with Crippen molar-refractivity contribution in [3.05, 3.63) is 113 Å². The number of carbonyl (C=O) groups excluding carboxylic acids is 2. The number of anilines is 1. The van der Waals surface area contributed by atoms with E-state index in [2.05, 4.69) is 10.4 Å². The Kier molecular flexibility index (Phi) is 8.89. The van der Waals surface area contributed by atoms with Crippen LogP contribution in [0.5, 0.6) is 0 Å². The number of ether oxygens (including phenoxy) is 1. The summed E-state index contributed by atoms with van der Waals surface area (Å²) in [7, 11) is 0. The third-order valence-electron chi connectivity index (χ3n) is 6.40. The van der Waals surface area contributed by atoms with Gasteiger partial charge in [-0.05, 0) is 46.9 Å². The average Bonchev–Trinajstić information content (AvgIpc) is 3.43. The van der Waals surface area contributed by atoms with Crippen molar-refractivity contribution < 1.29 is 27.5 Å². The van der Waals surface area contributed by atoms with Crippen molar-refractivity contribution in [1.82, 2.24) is 9.78 Å². The molecule has 0 aliphatic heterocycles. The van der Waals surface area contributed by atoms with Gasteiger partial charge in [0.1, 0.15) is 11.7 Å². The third kappa shape index (κ3) is 7.00. The molecule has 214 valence electrons. The van der Waals surface area contributed by atoms with Gasteiger partial charge < -0.3 is 21.5 Å². The predicted molar refractivity (Wildman–Crippen MR) is 148 cm³/mol. The molecule has 1 aromatic heterocycles. The van der Waals surface area contributed by atoms with Gasteiger partial charge in [-0.3, -0.25) is 9.59 Å². The van der Waals surface area contributed by atoms with Crippen molar-refractivity contribution in [2.75, 3.05) is 5.32 Å². The largest absolute Gasteiger partial charge is 0.451 e. The zero-order valence-corrected chi connectivity index (χ0v) is 22.4. The minimum absolute atomic E-state index is 0.151. The highest BCUT2D eigenvalue weighted by molar-refractivity contribution is 6.03. The summed E-state index contributed by atoms with van der Waals surface area (Å²) in [5.74, 6) is -1.56. The van der Waals surface area contributed by atoms with Crippen LogP contribution in [0.25, 0.3) is 5.69 Å². The van der Waals surface area contributed by atoms with Crippen LogP contribution in [0.2, 0.25) is 0 Å². The van der Waals surface area contributed by atoms with Gasteiger partial charge in [0.2, 0.25) is 0 Å². The number of halogens is 3. The minimum Gasteiger partial charge on any atom is -0.451 e. The van der Waals surface area contributed by atoms with Gasteiger partial charge in [-0.1, -0.05) is 68.4 Å². The molecule has 1 amide bonds. The molecule has 0 aliphatic rings. The van der Waals surface area contributed by atoms with Crippen LogP contribution in [0.3, 0.4) is 0 Å². The maximum Gasteiger partial charge on any atom is 0.435 e. The normalized spacial score (nSPS) is 13.1. The monoisotopic (exact) mass is 565 g/mol. The number of aromatic nitrogens is 2. The lowest BCUT2D eigenvalue weighted by Gasteiger charge is -2.23. The van der Waals surface area contributed by atoms with Gasteiger partial charge in [-0.15, -0.1) is 0 Å². The van der Waals surface area contributed by atoms with Gasteiger partial charge in [-0.2, -0.15) is 18.3 Å². The van der Waals surface area contributed by atoms with Gasteiger partial charge in [-0.25, -0.2) is 4.68 Å². The summed E-state index contributed by atoms with van der Waals surface area (Å²) in [5.41, 5.74) is 12.5. The molecule has 0 bridgehead atoms. The fourth-order valence-electron chi connectivity index (χ4n) is 4.09. The van der Waals surface area contributed by atoms with Crippen molar-refractivity contribution in [1.29, 1.82) is 0 Å². The van der Waals surface area contributed by atoms with Gasteiger partial charge in [0, 0.05) is 18.3 Å². The molecule has 4 aromatic rings. The van der Waals surface area contributed by atoms with E-state index in [1.165, 1.54) is 6.07 Å². The van der Waals surface area contributed by atoms with Gasteiger partial charge in [0.05, 0.1) is 5.69 Å². The topological polar surface area (TPSA) is 125 Å². The van der Waals surface area contributed by atoms with E-state index >= 15 is 0 Å². The summed E-state index contributed by atoms with van der Waals surface area (Å²) >= 11 is 0. The number of hydrogen-bond acceptors (Lipinski definition) is 6. The van der Waals surface area contributed by atoms with Crippen molar-refractivity contribution >= 4 is 17.6 Å². The van der Waals surface area contributed by atoms with Gasteiger partial charge in [0.15, 0.2) is 11.8 Å². The fraction of sp³-hybridized carbons (Fsp3) is 0.233. The van der Waals surface area contributed by atoms with Gasteiger partial charge >= 0.3 is 12.1 Å². The predicted octanol–water partition coefficient (Wildman–Crippen LogP) is 5.22. The molecule has 0 saturated heterocycles. The lowest BCUT2D eigenvalue weighted by molar-refractivity contribution is -0.150. The number of rotatable bonds is 9. The number of amides is 1. The van der Waals surface area contributed by atoms with E-state index in [4.69, 9.17) is 16.2 Å². The second-order valence-corrected chi connectivity index (χ2v) is 9.78. The summed E-state index contributed by atoms with van der Waals surface area (Å²) in [6.45, 7) is 3.77. The van der Waals surface area contributed by atoms with Crippen molar-refractivity contribution in [3.8, 4) is 5.69 Å². The van der Waals surface area contributed by atoms with Crippen LogP contribution in [0.4, 0.5) is 18.9 Å². The number of nitrogens with two attached hydrogens (primary N) is 2. The molecular formula is C30H30F3N5O3. The van der Waals surface area contributed by atoms with E-state index in [-0.39, 0.29) is 29.5 Å². The molecule has 2 atom stereocenters. The van der Waals surface area contributed by atoms with Crippen LogP contribution in [-0.2, 0) is 22.3 Å². The number of alkyl halides is 3. The van der Waals surface area contributed by atoms with Gasteiger partial charge in [0.25, 0.3) is 5.91 Å². The molecular weight excluding hydrogens is 535 g/mol. The van der Waals surface area contributed by atoms with E-state index in [9.17, 15) is 22.8 Å². The zero-order chi connectivity index (χ0) is 29.7. The average molecular weight is 566 g/mol. The van der Waals surface area contributed by atoms with Crippen LogP contribution in [0.1, 0.15) is 52.8 Å². The molecule has 4 rings (SSSR count). The third-order valence-corrected chi connectivity index (χ3v) is 6.40. The molecule has 0 aliphatic carbocycles. The quantitative estimate of drug-likeness (QED) is 0.239. The molecule has 5 N–H and O–H groups in total. The first-order valence-electron chi connectivity index (χ1n) is 12.9. The lowest BCUT2D eigenvalue weighted by atomic mass is 10.00. The summed E-state index contributed by atoms with van der Waals surface area (Å²) < 4.78 is 47.4. The van der Waals surface area contributed by atoms with Crippen molar-refractivity contribution in [2.45, 2.75) is 38.7 Å². The van der Waals surface area contributed by atoms with Crippen LogP contribution in [0, 0.1) is 5.92 Å². The second kappa shape index (κ2) is 12.4. The number of esters is 1. The maximum absolute atomic E-state index is 13.6. The number of carbonyl (C=O) groups is 2. The smallest absolute Gasteiger partial charge is 0.435 e. The fourth-order valence-corrected chi connectivity index (χ4v) is 4.09. The Bertz CT molecular complexity index is 1520. The molecule has 0 spiro atoms. The SMILES string of the molecule is CC(C)C(N)C(=O)OC(c1ccccc1)c1cccc(NC(=O)c2cc(C(F)(F)F)nn2-c2cccc(CN)c2)c1. The molecule has 1 heterocycles. The maximum atomic E-state index is 13.6. The first-order chi connectivity index (χ1) is 19.5. The minimum atomic E-state index is -4.77. The number of nitrogens with zero attached hydrogens (tertiary/aromatic N) is 2. The standard InChI is InChI=1S/C30H30F3N5O3/c1-18(2)26(35)29(40)41-27(20-9-4-3-5-10-20)21-11-7-12-22(15-21)36-28(39)24-16-25(30(31,32)33)37-38(24)23-13-6-8-19(14-23)17-34/h3-16,18,26-27H,17,34-35H2,1-2H3,(H,36,39).